The van der Waals surface area contributed by atoms with Crippen LogP contribution in [0.1, 0.15) is 11.1 Å². The van der Waals surface area contributed by atoms with Gasteiger partial charge in [-0.15, -0.1) is 11.6 Å². The molecule has 1 radical (unpaired) electrons. The molecule has 0 saturated heterocycles. The summed E-state index contributed by atoms with van der Waals surface area (Å²) in [6.45, 7) is 0. The molecule has 5 heteroatoms. The summed E-state index contributed by atoms with van der Waals surface area (Å²) in [6, 6.07) is 16.8. The molecule has 0 spiro atoms. The van der Waals surface area contributed by atoms with Crippen molar-refractivity contribution in [3.63, 3.8) is 0 Å². The van der Waals surface area contributed by atoms with Crippen LogP contribution in [0.15, 0.2) is 67.0 Å². The van der Waals surface area contributed by atoms with Crippen molar-refractivity contribution < 1.29 is 24.7 Å². The number of rotatable bonds is 1. The minimum absolute atomic E-state index is 0. The molecule has 0 amide bonds. The van der Waals surface area contributed by atoms with Gasteiger partial charge in [0, 0.05) is 27.2 Å². The van der Waals surface area contributed by atoms with E-state index in [0.29, 0.717) is 0 Å². The number of benzene rings is 2. The molecule has 0 aliphatic heterocycles. The molecule has 0 saturated carbocycles. The van der Waals surface area contributed by atoms with Crippen LogP contribution in [0, 0.1) is 12.4 Å². The molecule has 0 bridgehead atoms. The summed E-state index contributed by atoms with van der Waals surface area (Å²) in [7, 11) is 1.92. The van der Waals surface area contributed by atoms with Crippen molar-refractivity contribution in [3.8, 4) is 11.1 Å². The average molecular weight is 528 g/mol. The molecule has 0 atom stereocenters. The van der Waals surface area contributed by atoms with Crippen molar-refractivity contribution in [2.75, 3.05) is 0 Å². The summed E-state index contributed by atoms with van der Waals surface area (Å²) >= 11 is 0. The molecular weight excluding hydrogens is 512 g/mol. The SMILES string of the molecule is Cn1[c-][n+](C2=[C-]/C=C\c3ccccc3-c3ccccc32)c2nccnc21.[Ir]. The fraction of sp³-hybridized carbons (Fsp3) is 0.0455. The van der Waals surface area contributed by atoms with Gasteiger partial charge in [-0.3, -0.25) is 4.98 Å². The molecular formula is C22H15IrN4-. The number of hydrogen-bond donors (Lipinski definition) is 0. The molecule has 1 aliphatic carbocycles. The van der Waals surface area contributed by atoms with E-state index < -0.39 is 0 Å². The Labute approximate surface area is 170 Å². The first-order valence-corrected chi connectivity index (χ1v) is 8.43. The van der Waals surface area contributed by atoms with Gasteiger partial charge < -0.3 is 9.13 Å². The summed E-state index contributed by atoms with van der Waals surface area (Å²) in [5.41, 5.74) is 7.07. The van der Waals surface area contributed by atoms with Gasteiger partial charge in [0.2, 0.25) is 5.65 Å². The number of allylic oxidation sites excluding steroid dienone is 2. The maximum atomic E-state index is 4.51. The van der Waals surface area contributed by atoms with E-state index >= 15 is 0 Å². The van der Waals surface area contributed by atoms with Crippen molar-refractivity contribution in [1.82, 2.24) is 14.5 Å². The first-order chi connectivity index (χ1) is 12.8. The Morgan fingerprint density at radius 3 is 2.44 bits per heavy atom. The number of nitrogens with zero attached hydrogens (tertiary/aromatic N) is 4. The fourth-order valence-electron chi connectivity index (χ4n) is 3.40. The molecule has 2 heterocycles. The fourth-order valence-corrected chi connectivity index (χ4v) is 3.40. The number of aromatic nitrogens is 4. The van der Waals surface area contributed by atoms with E-state index in [0.717, 1.165) is 28.1 Å². The van der Waals surface area contributed by atoms with E-state index in [9.17, 15) is 0 Å². The Balaban J connectivity index is 0.00000180. The number of imidazole rings is 1. The molecule has 4 nitrogen and oxygen atoms in total. The minimum atomic E-state index is 0. The topological polar surface area (TPSA) is 34.6 Å². The van der Waals surface area contributed by atoms with E-state index in [1.54, 1.807) is 12.4 Å². The van der Waals surface area contributed by atoms with Gasteiger partial charge in [-0.25, -0.2) is 0 Å². The van der Waals surface area contributed by atoms with Crippen LogP contribution in [0.5, 0.6) is 0 Å². The van der Waals surface area contributed by atoms with E-state index in [1.165, 1.54) is 11.1 Å². The standard InChI is InChI=1S/C22H15N4.Ir/c1-25-15-26(22-21(25)23-13-14-24-22)20-12-6-8-16-7-2-3-9-17(16)18-10-4-5-11-19(18)20;/h2-11,13-14H,1H3;/q-1;/b8-6-,16-8?,18-17?,20-19?;. The summed E-state index contributed by atoms with van der Waals surface area (Å²) < 4.78 is 3.79. The van der Waals surface area contributed by atoms with Crippen LogP contribution in [0.4, 0.5) is 0 Å². The van der Waals surface area contributed by atoms with Gasteiger partial charge in [0.05, 0.1) is 6.20 Å². The van der Waals surface area contributed by atoms with Gasteiger partial charge in [-0.2, -0.15) is 23.2 Å². The zero-order valence-corrected chi connectivity index (χ0v) is 16.9. The predicted molar refractivity (Wildman–Crippen MR) is 101 cm³/mol. The molecule has 0 fully saturated rings. The molecule has 1 aliphatic rings. The van der Waals surface area contributed by atoms with E-state index in [-0.39, 0.29) is 20.1 Å². The number of hydrogen-bond acceptors (Lipinski definition) is 2. The van der Waals surface area contributed by atoms with Crippen LogP contribution >= 0.6 is 0 Å². The third-order valence-electron chi connectivity index (χ3n) is 4.58. The van der Waals surface area contributed by atoms with Crippen molar-refractivity contribution >= 4 is 23.1 Å². The Morgan fingerprint density at radius 2 is 1.59 bits per heavy atom. The summed E-state index contributed by atoms with van der Waals surface area (Å²) in [4.78, 5) is 8.93. The number of aryl methyl sites for hydroxylation is 1. The van der Waals surface area contributed by atoms with Crippen molar-refractivity contribution in [1.29, 1.82) is 0 Å². The molecule has 0 unspecified atom stereocenters. The zero-order valence-electron chi connectivity index (χ0n) is 14.6. The first-order valence-electron chi connectivity index (χ1n) is 8.43. The van der Waals surface area contributed by atoms with Gasteiger partial charge in [0.15, 0.2) is 6.33 Å². The van der Waals surface area contributed by atoms with Gasteiger partial charge in [0.25, 0.3) is 0 Å². The second-order valence-corrected chi connectivity index (χ2v) is 6.16. The predicted octanol–water partition coefficient (Wildman–Crippen LogP) is 3.44. The quantitative estimate of drug-likeness (QED) is 0.281. The van der Waals surface area contributed by atoms with Gasteiger partial charge in [-0.1, -0.05) is 59.3 Å². The van der Waals surface area contributed by atoms with Gasteiger partial charge >= 0.3 is 0 Å². The Morgan fingerprint density at radius 1 is 0.889 bits per heavy atom. The molecule has 4 aromatic rings. The monoisotopic (exact) mass is 528 g/mol. The molecule has 27 heavy (non-hydrogen) atoms. The Hall–Kier alpha value is -2.88. The maximum Gasteiger partial charge on any atom is 0.200 e. The zero-order chi connectivity index (χ0) is 17.5. The Kier molecular flexibility index (Phi) is 4.56. The van der Waals surface area contributed by atoms with Gasteiger partial charge in [-0.05, 0) is 5.56 Å². The largest absolute Gasteiger partial charge is 0.346 e. The van der Waals surface area contributed by atoms with Crippen LogP contribution in [-0.4, -0.2) is 14.5 Å². The first kappa shape index (κ1) is 17.5. The van der Waals surface area contributed by atoms with Crippen molar-refractivity contribution in [3.05, 3.63) is 90.5 Å². The van der Waals surface area contributed by atoms with Crippen LogP contribution in [0.2, 0.25) is 0 Å². The van der Waals surface area contributed by atoms with Crippen LogP contribution in [0.25, 0.3) is 34.2 Å². The molecule has 0 N–H and O–H groups in total. The van der Waals surface area contributed by atoms with E-state index in [1.807, 2.05) is 28.3 Å². The molecule has 5 rings (SSSR count). The van der Waals surface area contributed by atoms with Crippen LogP contribution in [-0.2, 0) is 27.2 Å². The van der Waals surface area contributed by atoms with Gasteiger partial charge in [0.1, 0.15) is 11.8 Å². The normalized spacial score (nSPS) is 13.6. The molecule has 2 aromatic carbocycles. The third-order valence-corrected chi connectivity index (χ3v) is 4.58. The van der Waals surface area contributed by atoms with Crippen molar-refractivity contribution in [2.24, 2.45) is 7.05 Å². The smallest absolute Gasteiger partial charge is 0.200 e. The summed E-state index contributed by atoms with van der Waals surface area (Å²) in [5, 5.41) is 0. The third kappa shape index (κ3) is 2.85. The van der Waals surface area contributed by atoms with E-state index in [2.05, 4.69) is 70.9 Å². The molecule has 2 aromatic heterocycles. The van der Waals surface area contributed by atoms with Crippen LogP contribution < -0.4 is 4.57 Å². The second-order valence-electron chi connectivity index (χ2n) is 6.16. The average Bonchev–Trinajstić information content (AvgIpc) is 3.01. The summed E-state index contributed by atoms with van der Waals surface area (Å²) in [6.07, 6.45) is 14.2. The number of fused-ring (bicyclic) bond motifs is 4. The molecule has 133 valence electrons. The van der Waals surface area contributed by atoms with E-state index in [4.69, 9.17) is 0 Å². The second kappa shape index (κ2) is 7.03. The minimum Gasteiger partial charge on any atom is -0.346 e. The van der Waals surface area contributed by atoms with Crippen LogP contribution in [0.3, 0.4) is 0 Å². The maximum absolute atomic E-state index is 4.51. The Bertz CT molecular complexity index is 1200. The van der Waals surface area contributed by atoms with Crippen molar-refractivity contribution in [2.45, 2.75) is 0 Å². The summed E-state index contributed by atoms with van der Waals surface area (Å²) in [5.74, 6) is 0.